The Bertz CT molecular complexity index is 271. The first-order chi connectivity index (χ1) is 6.00. The van der Waals surface area contributed by atoms with E-state index in [2.05, 4.69) is 5.32 Å². The molecule has 0 radical (unpaired) electrons. The first-order valence-corrected chi connectivity index (χ1v) is 3.89. The molecule has 0 aromatic rings. The molecular weight excluding hydrogens is 174 g/mol. The number of nitrogens with one attached hydrogen (secondary N) is 1. The van der Waals surface area contributed by atoms with E-state index < -0.39 is 12.2 Å². The summed E-state index contributed by atoms with van der Waals surface area (Å²) in [7, 11) is 0. The standard InChI is InChI=1S/C8H11NO4/c1-4(10)9-5-2-7(12)8(13)3-6(5)11/h2,7-8,12-13H,3H2,1H3,(H,9,10)/t7-,8+/m1/s1. The highest BCUT2D eigenvalue weighted by Gasteiger charge is 2.27. The predicted octanol–water partition coefficient (Wildman–Crippen LogP) is -1.30. The Kier molecular flexibility index (Phi) is 2.79. The van der Waals surface area contributed by atoms with Gasteiger partial charge in [0.2, 0.25) is 5.91 Å². The molecule has 3 N–H and O–H groups in total. The molecule has 5 nitrogen and oxygen atoms in total. The summed E-state index contributed by atoms with van der Waals surface area (Å²) in [5.41, 5.74) is 0.0605. The van der Waals surface area contributed by atoms with Crippen LogP contribution in [0.1, 0.15) is 13.3 Å². The smallest absolute Gasteiger partial charge is 0.221 e. The molecule has 1 rings (SSSR count). The molecule has 0 aliphatic heterocycles. The third-order valence-corrected chi connectivity index (χ3v) is 1.74. The number of rotatable bonds is 1. The summed E-state index contributed by atoms with van der Waals surface area (Å²) in [6.07, 6.45) is -1.16. The van der Waals surface area contributed by atoms with Gasteiger partial charge in [-0.25, -0.2) is 0 Å². The fourth-order valence-corrected chi connectivity index (χ4v) is 1.10. The average molecular weight is 185 g/mol. The largest absolute Gasteiger partial charge is 0.390 e. The van der Waals surface area contributed by atoms with E-state index >= 15 is 0 Å². The van der Waals surface area contributed by atoms with Gasteiger partial charge in [0.05, 0.1) is 11.8 Å². The number of ketones is 1. The van der Waals surface area contributed by atoms with Crippen LogP contribution in [-0.4, -0.2) is 34.1 Å². The molecule has 0 fully saturated rings. The van der Waals surface area contributed by atoms with Crippen LogP contribution in [-0.2, 0) is 9.59 Å². The van der Waals surface area contributed by atoms with Gasteiger partial charge in [0.1, 0.15) is 6.10 Å². The van der Waals surface area contributed by atoms with Gasteiger partial charge in [-0.15, -0.1) is 0 Å². The van der Waals surface area contributed by atoms with Gasteiger partial charge in [0.15, 0.2) is 5.78 Å². The Balaban J connectivity index is 2.77. The van der Waals surface area contributed by atoms with E-state index in [0.717, 1.165) is 6.08 Å². The van der Waals surface area contributed by atoms with Crippen LogP contribution in [0, 0.1) is 0 Å². The van der Waals surface area contributed by atoms with Crippen molar-refractivity contribution in [1.82, 2.24) is 5.32 Å². The van der Waals surface area contributed by atoms with Crippen molar-refractivity contribution in [1.29, 1.82) is 0 Å². The van der Waals surface area contributed by atoms with E-state index in [1.165, 1.54) is 6.92 Å². The second-order valence-corrected chi connectivity index (χ2v) is 2.95. The Morgan fingerprint density at radius 1 is 1.62 bits per heavy atom. The zero-order chi connectivity index (χ0) is 10.0. The van der Waals surface area contributed by atoms with Crippen LogP contribution in [0.3, 0.4) is 0 Å². The Hall–Kier alpha value is -1.20. The van der Waals surface area contributed by atoms with Crippen molar-refractivity contribution in [2.45, 2.75) is 25.6 Å². The molecule has 0 saturated carbocycles. The van der Waals surface area contributed by atoms with Crippen LogP contribution >= 0.6 is 0 Å². The second-order valence-electron chi connectivity index (χ2n) is 2.95. The summed E-state index contributed by atoms with van der Waals surface area (Å²) >= 11 is 0. The van der Waals surface area contributed by atoms with Gasteiger partial charge in [-0.2, -0.15) is 0 Å². The molecule has 0 unspecified atom stereocenters. The number of allylic oxidation sites excluding steroid dienone is 1. The zero-order valence-electron chi connectivity index (χ0n) is 7.15. The molecule has 5 heteroatoms. The lowest BCUT2D eigenvalue weighted by Gasteiger charge is -2.21. The Morgan fingerprint density at radius 2 is 2.23 bits per heavy atom. The lowest BCUT2D eigenvalue weighted by atomic mass is 9.98. The van der Waals surface area contributed by atoms with Crippen molar-refractivity contribution in [2.75, 3.05) is 0 Å². The quantitative estimate of drug-likeness (QED) is 0.474. The number of amides is 1. The van der Waals surface area contributed by atoms with Crippen LogP contribution in [0.25, 0.3) is 0 Å². The van der Waals surface area contributed by atoms with E-state index in [4.69, 9.17) is 10.2 Å². The molecule has 0 heterocycles. The summed E-state index contributed by atoms with van der Waals surface area (Å²) in [6.45, 7) is 1.27. The van der Waals surface area contributed by atoms with Crippen molar-refractivity contribution in [3.05, 3.63) is 11.8 Å². The lowest BCUT2D eigenvalue weighted by molar-refractivity contribution is -0.124. The third kappa shape index (κ3) is 2.37. The molecule has 1 amide bonds. The van der Waals surface area contributed by atoms with E-state index in [0.29, 0.717) is 0 Å². The van der Waals surface area contributed by atoms with Gasteiger partial charge in [-0.1, -0.05) is 0 Å². The number of aliphatic hydroxyl groups excluding tert-OH is 2. The van der Waals surface area contributed by atoms with Gasteiger partial charge in [-0.05, 0) is 6.08 Å². The monoisotopic (exact) mass is 185 g/mol. The van der Waals surface area contributed by atoms with Crippen LogP contribution < -0.4 is 5.32 Å². The Labute approximate surface area is 75.1 Å². The van der Waals surface area contributed by atoms with Gasteiger partial charge in [0.25, 0.3) is 0 Å². The molecular formula is C8H11NO4. The molecule has 0 saturated heterocycles. The number of hydrogen-bond acceptors (Lipinski definition) is 4. The lowest BCUT2D eigenvalue weighted by Crippen LogP contribution is -2.37. The summed E-state index contributed by atoms with van der Waals surface area (Å²) < 4.78 is 0. The topological polar surface area (TPSA) is 86.6 Å². The first kappa shape index (κ1) is 9.88. The maximum absolute atomic E-state index is 11.1. The molecule has 0 spiro atoms. The van der Waals surface area contributed by atoms with Gasteiger partial charge in [0, 0.05) is 13.3 Å². The Morgan fingerprint density at radius 3 is 2.77 bits per heavy atom. The maximum Gasteiger partial charge on any atom is 0.221 e. The highest BCUT2D eigenvalue weighted by Crippen LogP contribution is 2.13. The minimum atomic E-state index is -1.08. The number of carbonyl (C=O) groups is 2. The summed E-state index contributed by atoms with van der Waals surface area (Å²) in [4.78, 5) is 21.7. The molecule has 72 valence electrons. The van der Waals surface area contributed by atoms with Crippen LogP contribution in [0.4, 0.5) is 0 Å². The van der Waals surface area contributed by atoms with E-state index in [1.807, 2.05) is 0 Å². The fraction of sp³-hybridized carbons (Fsp3) is 0.500. The number of carbonyl (C=O) groups excluding carboxylic acids is 2. The number of Topliss-reactive ketones (excluding diaryl/α,β-unsaturated/α-hetero) is 1. The molecule has 1 aliphatic carbocycles. The van der Waals surface area contributed by atoms with Crippen LogP contribution in [0.15, 0.2) is 11.8 Å². The molecule has 2 atom stereocenters. The molecule has 0 aromatic heterocycles. The van der Waals surface area contributed by atoms with Crippen LogP contribution in [0.2, 0.25) is 0 Å². The van der Waals surface area contributed by atoms with Crippen molar-refractivity contribution >= 4 is 11.7 Å². The maximum atomic E-state index is 11.1. The average Bonchev–Trinajstić information content (AvgIpc) is 1.99. The predicted molar refractivity (Wildman–Crippen MR) is 43.5 cm³/mol. The van der Waals surface area contributed by atoms with Crippen molar-refractivity contribution < 1.29 is 19.8 Å². The second kappa shape index (κ2) is 3.68. The van der Waals surface area contributed by atoms with Crippen LogP contribution in [0.5, 0.6) is 0 Å². The first-order valence-electron chi connectivity index (χ1n) is 3.89. The van der Waals surface area contributed by atoms with Gasteiger partial charge in [-0.3, -0.25) is 9.59 Å². The van der Waals surface area contributed by atoms with Gasteiger partial charge >= 0.3 is 0 Å². The van der Waals surface area contributed by atoms with E-state index in [9.17, 15) is 9.59 Å². The minimum Gasteiger partial charge on any atom is -0.390 e. The zero-order valence-corrected chi connectivity index (χ0v) is 7.15. The van der Waals surface area contributed by atoms with Gasteiger partial charge < -0.3 is 15.5 Å². The third-order valence-electron chi connectivity index (χ3n) is 1.74. The molecule has 1 aliphatic rings. The van der Waals surface area contributed by atoms with Crippen molar-refractivity contribution in [2.24, 2.45) is 0 Å². The highest BCUT2D eigenvalue weighted by atomic mass is 16.3. The molecule has 13 heavy (non-hydrogen) atoms. The SMILES string of the molecule is CC(=O)NC1=C[C@@H](O)[C@@H](O)CC1=O. The normalized spacial score (nSPS) is 28.2. The highest BCUT2D eigenvalue weighted by molar-refractivity contribution is 5.99. The molecule has 0 aromatic carbocycles. The van der Waals surface area contributed by atoms with Crippen molar-refractivity contribution in [3.8, 4) is 0 Å². The molecule has 0 bridgehead atoms. The summed E-state index contributed by atoms with van der Waals surface area (Å²) in [5.74, 6) is -0.740. The number of aliphatic hydroxyl groups is 2. The summed E-state index contributed by atoms with van der Waals surface area (Å²) in [5, 5.41) is 20.5. The minimum absolute atomic E-state index is 0.0605. The van der Waals surface area contributed by atoms with E-state index in [-0.39, 0.29) is 23.8 Å². The van der Waals surface area contributed by atoms with Crippen molar-refractivity contribution in [3.63, 3.8) is 0 Å². The number of hydrogen-bond donors (Lipinski definition) is 3. The fourth-order valence-electron chi connectivity index (χ4n) is 1.10. The summed E-state index contributed by atoms with van der Waals surface area (Å²) in [6, 6.07) is 0. The van der Waals surface area contributed by atoms with E-state index in [1.54, 1.807) is 0 Å².